The van der Waals surface area contributed by atoms with Gasteiger partial charge in [0.05, 0.1) is 12.7 Å². The van der Waals surface area contributed by atoms with E-state index in [0.29, 0.717) is 23.5 Å². The molecule has 25 heavy (non-hydrogen) atoms. The number of esters is 1. The van der Waals surface area contributed by atoms with E-state index in [9.17, 15) is 9.59 Å². The molecule has 0 saturated carbocycles. The third kappa shape index (κ3) is 3.47. The molecule has 2 aromatic rings. The van der Waals surface area contributed by atoms with Crippen molar-refractivity contribution in [1.29, 1.82) is 0 Å². The molecule has 3 rings (SSSR count). The molecule has 1 N–H and O–H groups in total. The molecule has 0 radical (unpaired) electrons. The molecule has 0 amide bonds. The minimum Gasteiger partial charge on any atom is -0.465 e. The standard InChI is InChI=1S/C20H26N2O3/c1-4-15-7-5-6-10-22(15)12-17-13(2)21-18-9-8-14(20(24)25-3)11-16(18)19(17)23/h8-9,11,15H,4-7,10,12H2,1-3H3,(H,21,23)/t15-/m0/s1. The van der Waals surface area contributed by atoms with Crippen LogP contribution in [0.3, 0.4) is 0 Å². The molecule has 1 atom stereocenters. The van der Waals surface area contributed by atoms with Crippen LogP contribution in [0.2, 0.25) is 0 Å². The number of hydrogen-bond donors (Lipinski definition) is 1. The summed E-state index contributed by atoms with van der Waals surface area (Å²) in [7, 11) is 1.35. The SMILES string of the molecule is CC[C@H]1CCCCN1Cc1c(C)[nH]c2ccc(C(=O)OC)cc2c1=O. The molecule has 1 aliphatic rings. The van der Waals surface area contributed by atoms with Crippen LogP contribution in [0.15, 0.2) is 23.0 Å². The molecular formula is C20H26N2O3. The van der Waals surface area contributed by atoms with E-state index in [4.69, 9.17) is 4.74 Å². The van der Waals surface area contributed by atoms with Crippen molar-refractivity contribution in [3.05, 3.63) is 45.2 Å². The van der Waals surface area contributed by atoms with E-state index in [1.54, 1.807) is 18.2 Å². The van der Waals surface area contributed by atoms with Gasteiger partial charge in [-0.15, -0.1) is 0 Å². The molecule has 1 aromatic carbocycles. The number of aromatic amines is 1. The monoisotopic (exact) mass is 342 g/mol. The first-order valence-corrected chi connectivity index (χ1v) is 9.03. The van der Waals surface area contributed by atoms with Crippen LogP contribution in [0.4, 0.5) is 0 Å². The minimum absolute atomic E-state index is 0.0115. The molecule has 0 unspecified atom stereocenters. The van der Waals surface area contributed by atoms with Crippen molar-refractivity contribution in [2.45, 2.75) is 52.1 Å². The van der Waals surface area contributed by atoms with Crippen LogP contribution in [-0.4, -0.2) is 35.5 Å². The maximum absolute atomic E-state index is 13.1. The molecule has 0 spiro atoms. The highest BCUT2D eigenvalue weighted by atomic mass is 16.5. The van der Waals surface area contributed by atoms with E-state index in [2.05, 4.69) is 16.8 Å². The Hall–Kier alpha value is -2.14. The van der Waals surface area contributed by atoms with Crippen molar-refractivity contribution in [2.75, 3.05) is 13.7 Å². The summed E-state index contributed by atoms with van der Waals surface area (Å²) in [6, 6.07) is 5.64. The Bertz CT molecular complexity index is 841. The molecule has 134 valence electrons. The Kier molecular flexibility index (Phi) is 5.23. The highest BCUT2D eigenvalue weighted by Gasteiger charge is 2.23. The van der Waals surface area contributed by atoms with E-state index in [1.807, 2.05) is 6.92 Å². The van der Waals surface area contributed by atoms with Gasteiger partial charge in [-0.2, -0.15) is 0 Å². The summed E-state index contributed by atoms with van der Waals surface area (Å²) in [4.78, 5) is 30.6. The van der Waals surface area contributed by atoms with Crippen LogP contribution >= 0.6 is 0 Å². The molecule has 1 aliphatic heterocycles. The van der Waals surface area contributed by atoms with Crippen LogP contribution in [0.25, 0.3) is 10.9 Å². The molecule has 0 bridgehead atoms. The number of likely N-dealkylation sites (tertiary alicyclic amines) is 1. The number of piperidine rings is 1. The van der Waals surface area contributed by atoms with Crippen molar-refractivity contribution in [1.82, 2.24) is 9.88 Å². The number of hydrogen-bond acceptors (Lipinski definition) is 4. The number of carbonyl (C=O) groups is 1. The number of aromatic nitrogens is 1. The Balaban J connectivity index is 2.02. The first-order chi connectivity index (χ1) is 12.0. The summed E-state index contributed by atoms with van der Waals surface area (Å²) in [6.45, 7) is 5.87. The highest BCUT2D eigenvalue weighted by Crippen LogP contribution is 2.22. The predicted octanol–water partition coefficient (Wildman–Crippen LogP) is 3.39. The lowest BCUT2D eigenvalue weighted by atomic mass is 9.98. The van der Waals surface area contributed by atoms with Gasteiger partial charge in [0.25, 0.3) is 0 Å². The zero-order valence-electron chi connectivity index (χ0n) is 15.2. The Morgan fingerprint density at radius 3 is 2.88 bits per heavy atom. The van der Waals surface area contributed by atoms with Crippen LogP contribution < -0.4 is 5.43 Å². The number of methoxy groups -OCH3 is 1. The highest BCUT2D eigenvalue weighted by molar-refractivity contribution is 5.94. The average molecular weight is 342 g/mol. The fourth-order valence-electron chi connectivity index (χ4n) is 3.82. The molecular weight excluding hydrogens is 316 g/mol. The van der Waals surface area contributed by atoms with Crippen molar-refractivity contribution in [3.8, 4) is 0 Å². The topological polar surface area (TPSA) is 62.4 Å². The van der Waals surface area contributed by atoms with Crippen LogP contribution in [0, 0.1) is 6.92 Å². The smallest absolute Gasteiger partial charge is 0.337 e. The number of nitrogens with zero attached hydrogens (tertiary/aromatic N) is 1. The minimum atomic E-state index is -0.425. The Morgan fingerprint density at radius 1 is 1.36 bits per heavy atom. The lowest BCUT2D eigenvalue weighted by molar-refractivity contribution is 0.0601. The number of benzene rings is 1. The zero-order valence-corrected chi connectivity index (χ0v) is 15.2. The van der Waals surface area contributed by atoms with Crippen molar-refractivity contribution in [2.24, 2.45) is 0 Å². The van der Waals surface area contributed by atoms with Gasteiger partial charge in [0.15, 0.2) is 5.43 Å². The third-order valence-corrected chi connectivity index (χ3v) is 5.32. The second kappa shape index (κ2) is 7.40. The second-order valence-corrected chi connectivity index (χ2v) is 6.84. The third-order valence-electron chi connectivity index (χ3n) is 5.32. The summed E-state index contributed by atoms with van der Waals surface area (Å²) in [5.74, 6) is -0.425. The van der Waals surface area contributed by atoms with Gasteiger partial charge < -0.3 is 9.72 Å². The zero-order chi connectivity index (χ0) is 18.0. The predicted molar refractivity (Wildman–Crippen MR) is 99.0 cm³/mol. The molecule has 0 aliphatic carbocycles. The summed E-state index contributed by atoms with van der Waals surface area (Å²) in [5.41, 5.74) is 2.88. The van der Waals surface area contributed by atoms with Crippen LogP contribution in [0.1, 0.15) is 54.2 Å². The number of carbonyl (C=O) groups excluding carboxylic acids is 1. The number of aryl methyl sites for hydroxylation is 1. The molecule has 1 saturated heterocycles. The van der Waals surface area contributed by atoms with Crippen molar-refractivity contribution >= 4 is 16.9 Å². The molecule has 5 heteroatoms. The van der Waals surface area contributed by atoms with E-state index < -0.39 is 5.97 Å². The molecule has 5 nitrogen and oxygen atoms in total. The lowest BCUT2D eigenvalue weighted by Gasteiger charge is -2.35. The number of pyridine rings is 1. The van der Waals surface area contributed by atoms with Gasteiger partial charge in [-0.25, -0.2) is 4.79 Å². The van der Waals surface area contributed by atoms with Crippen LogP contribution in [0.5, 0.6) is 0 Å². The van der Waals surface area contributed by atoms with Gasteiger partial charge in [0.2, 0.25) is 0 Å². The number of fused-ring (bicyclic) bond motifs is 1. The molecule has 1 aromatic heterocycles. The van der Waals surface area contributed by atoms with Crippen molar-refractivity contribution < 1.29 is 9.53 Å². The lowest BCUT2D eigenvalue weighted by Crippen LogP contribution is -2.39. The van der Waals surface area contributed by atoms with Gasteiger partial charge in [-0.05, 0) is 50.9 Å². The van der Waals surface area contributed by atoms with Gasteiger partial charge in [0.1, 0.15) is 0 Å². The summed E-state index contributed by atoms with van der Waals surface area (Å²) in [5, 5.41) is 0.550. The first-order valence-electron chi connectivity index (χ1n) is 9.03. The van der Waals surface area contributed by atoms with E-state index in [1.165, 1.54) is 26.4 Å². The number of H-pyrrole nitrogens is 1. The van der Waals surface area contributed by atoms with Gasteiger partial charge in [0, 0.05) is 34.7 Å². The number of ether oxygens (including phenoxy) is 1. The summed E-state index contributed by atoms with van der Waals surface area (Å²) in [6.07, 6.45) is 4.77. The average Bonchev–Trinajstić information content (AvgIpc) is 2.64. The van der Waals surface area contributed by atoms with E-state index in [0.717, 1.165) is 29.7 Å². The number of rotatable bonds is 4. The quantitative estimate of drug-likeness (QED) is 0.865. The molecule has 2 heterocycles. The first kappa shape index (κ1) is 17.7. The Morgan fingerprint density at radius 2 is 2.16 bits per heavy atom. The van der Waals surface area contributed by atoms with Crippen molar-refractivity contribution in [3.63, 3.8) is 0 Å². The van der Waals surface area contributed by atoms with E-state index in [-0.39, 0.29) is 5.43 Å². The van der Waals surface area contributed by atoms with Gasteiger partial charge >= 0.3 is 5.97 Å². The maximum Gasteiger partial charge on any atom is 0.337 e. The summed E-state index contributed by atoms with van der Waals surface area (Å²) >= 11 is 0. The van der Waals surface area contributed by atoms with Gasteiger partial charge in [-0.3, -0.25) is 9.69 Å². The summed E-state index contributed by atoms with van der Waals surface area (Å²) < 4.78 is 4.77. The Labute approximate surface area is 148 Å². The van der Waals surface area contributed by atoms with E-state index >= 15 is 0 Å². The molecule has 1 fully saturated rings. The fraction of sp³-hybridized carbons (Fsp3) is 0.500. The van der Waals surface area contributed by atoms with Crippen LogP contribution in [-0.2, 0) is 11.3 Å². The number of nitrogens with one attached hydrogen (secondary N) is 1. The largest absolute Gasteiger partial charge is 0.465 e. The maximum atomic E-state index is 13.1. The normalized spacial score (nSPS) is 18.4. The fourth-order valence-corrected chi connectivity index (χ4v) is 3.82. The van der Waals surface area contributed by atoms with Gasteiger partial charge in [-0.1, -0.05) is 13.3 Å². The second-order valence-electron chi connectivity index (χ2n) is 6.84.